The largest absolute Gasteiger partial charge is 0.380 e. The zero-order valence-electron chi connectivity index (χ0n) is 11.9. The third-order valence-corrected chi connectivity index (χ3v) is 3.73. The Hall–Kier alpha value is -1.65. The molecule has 1 aromatic carbocycles. The molecular weight excluding hydrogens is 262 g/mol. The van der Waals surface area contributed by atoms with E-state index in [9.17, 15) is 13.6 Å². The first-order chi connectivity index (χ1) is 9.45. The van der Waals surface area contributed by atoms with E-state index in [2.05, 4.69) is 10.6 Å². The van der Waals surface area contributed by atoms with Gasteiger partial charge in [0.05, 0.1) is 0 Å². The second-order valence-electron chi connectivity index (χ2n) is 5.61. The van der Waals surface area contributed by atoms with Crippen molar-refractivity contribution >= 4 is 11.6 Å². The summed E-state index contributed by atoms with van der Waals surface area (Å²) in [4.78, 5) is 12.0. The summed E-state index contributed by atoms with van der Waals surface area (Å²) < 4.78 is 27.7. The lowest BCUT2D eigenvalue weighted by Gasteiger charge is -2.39. The number of rotatable bonds is 5. The number of amides is 1. The molecule has 1 fully saturated rings. The van der Waals surface area contributed by atoms with E-state index in [0.29, 0.717) is 6.54 Å². The summed E-state index contributed by atoms with van der Waals surface area (Å²) in [7, 11) is 0. The topological polar surface area (TPSA) is 41.1 Å². The van der Waals surface area contributed by atoms with Crippen molar-refractivity contribution in [2.45, 2.75) is 45.1 Å². The van der Waals surface area contributed by atoms with Crippen molar-refractivity contribution in [1.29, 1.82) is 0 Å². The number of carbonyl (C=O) groups excluding carboxylic acids is 1. The molecule has 20 heavy (non-hydrogen) atoms. The van der Waals surface area contributed by atoms with E-state index in [1.807, 2.05) is 13.8 Å². The molecule has 2 rings (SSSR count). The standard InChI is InChI=1S/C15H20F2N2O/c1-3-7-18-13-11(16)8-10(9-12(13)17)14(20)19-15(2)5-4-6-15/h8-9,18H,3-7H2,1-2H3,(H,19,20). The number of nitrogens with one attached hydrogen (secondary N) is 2. The summed E-state index contributed by atoms with van der Waals surface area (Å²) in [6.45, 7) is 4.33. The molecule has 0 saturated heterocycles. The van der Waals surface area contributed by atoms with Crippen molar-refractivity contribution in [3.8, 4) is 0 Å². The lowest BCUT2D eigenvalue weighted by Crippen LogP contribution is -2.50. The summed E-state index contributed by atoms with van der Waals surface area (Å²) in [5.74, 6) is -1.89. The minimum Gasteiger partial charge on any atom is -0.380 e. The molecule has 2 N–H and O–H groups in total. The number of hydrogen-bond acceptors (Lipinski definition) is 2. The van der Waals surface area contributed by atoms with Crippen molar-refractivity contribution < 1.29 is 13.6 Å². The normalized spacial score (nSPS) is 16.4. The second kappa shape index (κ2) is 5.77. The Labute approximate surface area is 117 Å². The molecule has 3 nitrogen and oxygen atoms in total. The maximum absolute atomic E-state index is 13.8. The Kier molecular flexibility index (Phi) is 4.26. The van der Waals surface area contributed by atoms with Gasteiger partial charge >= 0.3 is 0 Å². The minimum atomic E-state index is -0.734. The highest BCUT2D eigenvalue weighted by atomic mass is 19.1. The van der Waals surface area contributed by atoms with Gasteiger partial charge in [0, 0.05) is 17.6 Å². The van der Waals surface area contributed by atoms with Crippen LogP contribution >= 0.6 is 0 Å². The van der Waals surface area contributed by atoms with Gasteiger partial charge in [-0.1, -0.05) is 6.92 Å². The Balaban J connectivity index is 2.14. The Morgan fingerprint density at radius 1 is 1.30 bits per heavy atom. The Bertz CT molecular complexity index is 490. The van der Waals surface area contributed by atoms with Gasteiger partial charge in [0.15, 0.2) is 0 Å². The quantitative estimate of drug-likeness (QED) is 0.868. The third kappa shape index (κ3) is 3.08. The highest BCUT2D eigenvalue weighted by molar-refractivity contribution is 5.95. The SMILES string of the molecule is CCCNc1c(F)cc(C(=O)NC2(C)CCC2)cc1F. The van der Waals surface area contributed by atoms with Gasteiger partial charge in [-0.3, -0.25) is 4.79 Å². The van der Waals surface area contributed by atoms with E-state index in [-0.39, 0.29) is 16.8 Å². The zero-order chi connectivity index (χ0) is 14.8. The zero-order valence-corrected chi connectivity index (χ0v) is 11.9. The van der Waals surface area contributed by atoms with Gasteiger partial charge < -0.3 is 10.6 Å². The van der Waals surface area contributed by atoms with Gasteiger partial charge in [0.1, 0.15) is 17.3 Å². The fraction of sp³-hybridized carbons (Fsp3) is 0.533. The second-order valence-corrected chi connectivity index (χ2v) is 5.61. The fourth-order valence-corrected chi connectivity index (χ4v) is 2.30. The number of hydrogen-bond donors (Lipinski definition) is 2. The molecule has 1 saturated carbocycles. The molecule has 0 radical (unpaired) electrons. The highest BCUT2D eigenvalue weighted by Gasteiger charge is 2.33. The van der Waals surface area contributed by atoms with Crippen LogP contribution in [0.25, 0.3) is 0 Å². The third-order valence-electron chi connectivity index (χ3n) is 3.73. The Morgan fingerprint density at radius 3 is 2.35 bits per heavy atom. The molecule has 0 unspecified atom stereocenters. The predicted molar refractivity (Wildman–Crippen MR) is 74.9 cm³/mol. The van der Waals surface area contributed by atoms with Crippen molar-refractivity contribution in [1.82, 2.24) is 5.32 Å². The monoisotopic (exact) mass is 282 g/mol. The van der Waals surface area contributed by atoms with Crippen molar-refractivity contribution in [3.05, 3.63) is 29.3 Å². The molecule has 0 aliphatic heterocycles. The highest BCUT2D eigenvalue weighted by Crippen LogP contribution is 2.31. The van der Waals surface area contributed by atoms with E-state index in [1.165, 1.54) is 0 Å². The Morgan fingerprint density at radius 2 is 1.90 bits per heavy atom. The van der Waals surface area contributed by atoms with Crippen LogP contribution in [-0.2, 0) is 0 Å². The average Bonchev–Trinajstić information content (AvgIpc) is 2.35. The minimum absolute atomic E-state index is 0.0233. The van der Waals surface area contributed by atoms with Crippen LogP contribution in [0, 0.1) is 11.6 Å². The van der Waals surface area contributed by atoms with Crippen LogP contribution in [0.2, 0.25) is 0 Å². The molecule has 5 heteroatoms. The summed E-state index contributed by atoms with van der Waals surface area (Å²) in [6, 6.07) is 2.16. The van der Waals surface area contributed by atoms with Crippen LogP contribution in [0.1, 0.15) is 49.9 Å². The molecule has 1 amide bonds. The van der Waals surface area contributed by atoms with Gasteiger partial charge in [0.25, 0.3) is 5.91 Å². The molecular formula is C15H20F2N2O. The molecule has 110 valence electrons. The van der Waals surface area contributed by atoms with Crippen LogP contribution in [0.15, 0.2) is 12.1 Å². The van der Waals surface area contributed by atoms with E-state index >= 15 is 0 Å². The molecule has 0 spiro atoms. The molecule has 0 bridgehead atoms. The van der Waals surface area contributed by atoms with Gasteiger partial charge in [-0.05, 0) is 44.7 Å². The van der Waals surface area contributed by atoms with Crippen molar-refractivity contribution in [3.63, 3.8) is 0 Å². The van der Waals surface area contributed by atoms with Crippen LogP contribution in [0.4, 0.5) is 14.5 Å². The first kappa shape index (κ1) is 14.8. The maximum Gasteiger partial charge on any atom is 0.251 e. The fourth-order valence-electron chi connectivity index (χ4n) is 2.30. The summed E-state index contributed by atoms with van der Waals surface area (Å²) in [6.07, 6.45) is 3.64. The number of anilines is 1. The van der Waals surface area contributed by atoms with E-state index < -0.39 is 17.5 Å². The average molecular weight is 282 g/mol. The van der Waals surface area contributed by atoms with Crippen LogP contribution in [0.3, 0.4) is 0 Å². The summed E-state index contributed by atoms with van der Waals surface area (Å²) >= 11 is 0. The van der Waals surface area contributed by atoms with Gasteiger partial charge in [0.2, 0.25) is 0 Å². The number of halogens is 2. The van der Waals surface area contributed by atoms with Crippen LogP contribution < -0.4 is 10.6 Å². The summed E-state index contributed by atoms with van der Waals surface area (Å²) in [5.41, 5.74) is -0.378. The molecule has 0 aromatic heterocycles. The van der Waals surface area contributed by atoms with E-state index in [4.69, 9.17) is 0 Å². The first-order valence-electron chi connectivity index (χ1n) is 7.00. The predicted octanol–water partition coefficient (Wildman–Crippen LogP) is 3.46. The molecule has 1 aromatic rings. The molecule has 0 atom stereocenters. The number of carbonyl (C=O) groups is 1. The smallest absolute Gasteiger partial charge is 0.251 e. The van der Waals surface area contributed by atoms with Crippen molar-refractivity contribution in [2.75, 3.05) is 11.9 Å². The summed E-state index contributed by atoms with van der Waals surface area (Å²) in [5, 5.41) is 5.52. The molecule has 1 aliphatic carbocycles. The van der Waals surface area contributed by atoms with Crippen LogP contribution in [-0.4, -0.2) is 18.0 Å². The first-order valence-corrected chi connectivity index (χ1v) is 7.00. The van der Waals surface area contributed by atoms with Crippen molar-refractivity contribution in [2.24, 2.45) is 0 Å². The lowest BCUT2D eigenvalue weighted by molar-refractivity contribution is 0.0849. The molecule has 1 aliphatic rings. The van der Waals surface area contributed by atoms with Crippen LogP contribution in [0.5, 0.6) is 0 Å². The maximum atomic E-state index is 13.8. The number of benzene rings is 1. The van der Waals surface area contributed by atoms with Gasteiger partial charge in [-0.15, -0.1) is 0 Å². The molecule has 0 heterocycles. The van der Waals surface area contributed by atoms with Gasteiger partial charge in [-0.25, -0.2) is 8.78 Å². The lowest BCUT2D eigenvalue weighted by atomic mass is 9.78. The van der Waals surface area contributed by atoms with E-state index in [0.717, 1.165) is 37.8 Å². The van der Waals surface area contributed by atoms with Gasteiger partial charge in [-0.2, -0.15) is 0 Å². The van der Waals surface area contributed by atoms with E-state index in [1.54, 1.807) is 0 Å².